The molecule has 0 amide bonds. The van der Waals surface area contributed by atoms with Crippen LogP contribution in [0.15, 0.2) is 0 Å². The van der Waals surface area contributed by atoms with E-state index in [1.807, 2.05) is 0 Å². The third-order valence-electron chi connectivity index (χ3n) is 0. The predicted molar refractivity (Wildman–Crippen MR) is 19.3 cm³/mol. The third-order valence-corrected chi connectivity index (χ3v) is 0. The van der Waals surface area contributed by atoms with E-state index in [9.17, 15) is 0 Å². The summed E-state index contributed by atoms with van der Waals surface area (Å²) in [5.41, 5.74) is 0. The summed E-state index contributed by atoms with van der Waals surface area (Å²) in [7, 11) is -8.31. The molecule has 4 N–H and O–H groups in total. The molecule has 11 heteroatoms. The van der Waals surface area contributed by atoms with Crippen LogP contribution in [0.25, 0.3) is 0 Å². The largest absolute Gasteiger partial charge is 1.00 e. The van der Waals surface area contributed by atoms with Crippen molar-refractivity contribution < 1.29 is 63.9 Å². The van der Waals surface area contributed by atoms with Gasteiger partial charge < -0.3 is 40.5 Å². The molecular weight excluding hydrogens is 191 g/mol. The first-order chi connectivity index (χ1) is 3.73. The van der Waals surface area contributed by atoms with Gasteiger partial charge in [-0.1, -0.05) is 0 Å². The molecular formula is H4BNNaO7P-4. The van der Waals surface area contributed by atoms with E-state index in [1.165, 1.54) is 0 Å². The van der Waals surface area contributed by atoms with Crippen LogP contribution in [-0.2, 0) is 4.57 Å². The standard InChI is InChI=1S/BO3.H3N.Na.H3O4P/c2-1(3)4;;;1-5(2,3)4/h;1H3;;(H3,1,2,3,4)/q-3;;+1;/p-2. The van der Waals surface area contributed by atoms with Crippen LogP contribution in [0.5, 0.6) is 0 Å². The maximum absolute atomic E-state index is 8.55. The zero-order chi connectivity index (χ0) is 8.08. The van der Waals surface area contributed by atoms with Gasteiger partial charge in [-0.3, -0.25) is 7.32 Å². The Hall–Kier alpha value is 1.01. The zero-order valence-corrected chi connectivity index (χ0v) is 8.78. The van der Waals surface area contributed by atoms with Gasteiger partial charge in [-0.05, 0) is 0 Å². The van der Waals surface area contributed by atoms with Crippen LogP contribution in [0.1, 0.15) is 0 Å². The van der Waals surface area contributed by atoms with Crippen molar-refractivity contribution in [3.05, 3.63) is 0 Å². The van der Waals surface area contributed by atoms with Crippen LogP contribution < -0.4 is 65.5 Å². The quantitative estimate of drug-likeness (QED) is 0.292. The molecule has 0 saturated carbocycles. The van der Waals surface area contributed by atoms with Gasteiger partial charge in [0.2, 0.25) is 0 Å². The molecule has 0 aromatic carbocycles. The van der Waals surface area contributed by atoms with E-state index < -0.39 is 15.1 Å². The van der Waals surface area contributed by atoms with E-state index in [-0.39, 0.29) is 35.7 Å². The van der Waals surface area contributed by atoms with E-state index in [0.717, 1.165) is 0 Å². The Morgan fingerprint density at radius 3 is 1.00 bits per heavy atom. The van der Waals surface area contributed by atoms with Gasteiger partial charge in [0.05, 0.1) is 0 Å². The van der Waals surface area contributed by atoms with E-state index in [1.54, 1.807) is 0 Å². The fourth-order valence-corrected chi connectivity index (χ4v) is 0. The summed E-state index contributed by atoms with van der Waals surface area (Å²) in [6.45, 7) is 0. The predicted octanol–water partition coefficient (Wildman–Crippen LogP) is -9.39. The second-order valence-corrected chi connectivity index (χ2v) is 1.63. The molecule has 0 rings (SSSR count). The number of rotatable bonds is 0. The topological polar surface area (TPSA) is 192 Å². The Morgan fingerprint density at radius 1 is 1.00 bits per heavy atom. The van der Waals surface area contributed by atoms with Gasteiger partial charge in [-0.15, -0.1) is 0 Å². The molecule has 0 bridgehead atoms. The van der Waals surface area contributed by atoms with E-state index in [2.05, 4.69) is 0 Å². The van der Waals surface area contributed by atoms with Crippen LogP contribution in [0.3, 0.4) is 0 Å². The van der Waals surface area contributed by atoms with Gasteiger partial charge in [0.15, 0.2) is 0 Å². The van der Waals surface area contributed by atoms with Crippen molar-refractivity contribution in [3.63, 3.8) is 0 Å². The Labute approximate surface area is 85.2 Å². The van der Waals surface area contributed by atoms with Crippen LogP contribution in [-0.4, -0.2) is 7.32 Å². The molecule has 0 fully saturated rings. The molecule has 0 unspecified atom stereocenters. The number of quaternary nitrogens is 1. The number of phosphoric acid groups is 1. The van der Waals surface area contributed by atoms with Crippen molar-refractivity contribution in [1.29, 1.82) is 0 Å². The summed E-state index contributed by atoms with van der Waals surface area (Å²) < 4.78 is 8.55. The van der Waals surface area contributed by atoms with Crippen molar-refractivity contribution in [2.24, 2.45) is 0 Å². The van der Waals surface area contributed by atoms with Gasteiger partial charge >= 0.3 is 29.6 Å². The first kappa shape index (κ1) is 22.7. The Morgan fingerprint density at radius 2 is 1.00 bits per heavy atom. The minimum Gasteiger partial charge on any atom is -0.907 e. The molecule has 0 saturated heterocycles. The molecule has 0 aromatic rings. The second-order valence-electron chi connectivity index (χ2n) is 0.736. The first-order valence-electron chi connectivity index (χ1n) is 1.44. The summed E-state index contributed by atoms with van der Waals surface area (Å²) in [6, 6.07) is 0. The monoisotopic (exact) mass is 195 g/mol. The normalized spacial score (nSPS) is 7.82. The van der Waals surface area contributed by atoms with Gasteiger partial charge in [0.25, 0.3) is 0 Å². The molecule has 64 valence electrons. The van der Waals surface area contributed by atoms with Crippen molar-refractivity contribution in [2.45, 2.75) is 0 Å². The third kappa shape index (κ3) is 869. The van der Waals surface area contributed by atoms with Gasteiger partial charge in [-0.2, -0.15) is 7.82 Å². The SMILES string of the molecule is O=P([O-])([O-])[O-].[NH4+].[Na+].[O-]B([O-])[O-]. The van der Waals surface area contributed by atoms with Gasteiger partial charge in [0, 0.05) is 0 Å². The fraction of sp³-hybridized carbons (Fsp3) is 0. The van der Waals surface area contributed by atoms with Crippen LogP contribution >= 0.6 is 7.82 Å². The van der Waals surface area contributed by atoms with Crippen molar-refractivity contribution in [1.82, 2.24) is 6.15 Å². The van der Waals surface area contributed by atoms with Crippen molar-refractivity contribution >= 4 is 15.1 Å². The maximum atomic E-state index is 8.55. The molecule has 0 aromatic heterocycles. The molecule has 0 heterocycles. The Balaban J connectivity index is -0.0000000383. The van der Waals surface area contributed by atoms with E-state index >= 15 is 0 Å². The summed E-state index contributed by atoms with van der Waals surface area (Å²) >= 11 is 0. The summed E-state index contributed by atoms with van der Waals surface area (Å²) in [4.78, 5) is 25.6. The average Bonchev–Trinajstić information content (AvgIpc) is 1.19. The van der Waals surface area contributed by atoms with Crippen molar-refractivity contribution in [3.8, 4) is 0 Å². The number of hydrogen-bond donors (Lipinski definition) is 1. The van der Waals surface area contributed by atoms with Crippen LogP contribution in [0.4, 0.5) is 0 Å². The van der Waals surface area contributed by atoms with Gasteiger partial charge in [0.1, 0.15) is 0 Å². The molecule has 0 aliphatic heterocycles. The number of hydrogen-bond acceptors (Lipinski definition) is 7. The van der Waals surface area contributed by atoms with Crippen LogP contribution in [0.2, 0.25) is 0 Å². The maximum Gasteiger partial charge on any atom is 1.00 e. The van der Waals surface area contributed by atoms with Gasteiger partial charge in [-0.25, -0.2) is 0 Å². The molecule has 0 atom stereocenters. The minimum absolute atomic E-state index is 0. The van der Waals surface area contributed by atoms with E-state index in [0.29, 0.717) is 0 Å². The average molecular weight is 195 g/mol. The molecule has 0 spiro atoms. The summed E-state index contributed by atoms with van der Waals surface area (Å²) in [6.07, 6.45) is 0. The second kappa shape index (κ2) is 11.0. The fourth-order valence-electron chi connectivity index (χ4n) is 0. The van der Waals surface area contributed by atoms with Crippen LogP contribution in [0, 0.1) is 0 Å². The summed E-state index contributed by atoms with van der Waals surface area (Å²) in [5, 5.41) is 25.2. The van der Waals surface area contributed by atoms with Crippen molar-refractivity contribution in [2.75, 3.05) is 0 Å². The molecule has 0 aliphatic rings. The Kier molecular flexibility index (Phi) is 22.7. The molecule has 8 nitrogen and oxygen atoms in total. The summed E-state index contributed by atoms with van der Waals surface area (Å²) in [5.74, 6) is 0. The smallest absolute Gasteiger partial charge is 0.907 e. The molecule has 0 aliphatic carbocycles. The molecule has 11 heavy (non-hydrogen) atoms. The molecule has 0 radical (unpaired) electrons. The minimum atomic E-state index is -5.39. The zero-order valence-electron chi connectivity index (χ0n) is 5.88. The first-order valence-corrected chi connectivity index (χ1v) is 2.90. The van der Waals surface area contributed by atoms with E-state index in [4.69, 9.17) is 34.3 Å². The Bertz CT molecular complexity index is 89.6.